The molecule has 2 N–H and O–H groups in total. The molecule has 1 atom stereocenters. The number of furan rings is 1. The molecule has 8 heteroatoms. The number of anilines is 1. The maximum atomic E-state index is 10.6. The number of nitrogens with zero attached hydrogens (tertiary/aromatic N) is 3. The lowest BCUT2D eigenvalue weighted by Crippen LogP contribution is -2.30. The Morgan fingerprint density at radius 2 is 2.04 bits per heavy atom. The van der Waals surface area contributed by atoms with E-state index >= 15 is 0 Å². The number of hydrogen-bond acceptors (Lipinski definition) is 6. The van der Waals surface area contributed by atoms with Gasteiger partial charge in [0, 0.05) is 10.6 Å². The normalized spacial score (nSPS) is 13.8. The Balaban J connectivity index is 1.50. The van der Waals surface area contributed by atoms with Gasteiger partial charge < -0.3 is 14.8 Å². The predicted molar refractivity (Wildman–Crippen MR) is 103 cm³/mol. The molecule has 3 aromatic heterocycles. The molecule has 0 aliphatic carbocycles. The molecule has 1 aromatic carbocycles. The van der Waals surface area contributed by atoms with Gasteiger partial charge in [-0.15, -0.1) is 5.10 Å². The van der Waals surface area contributed by atoms with Gasteiger partial charge in [0.25, 0.3) is 0 Å². The molecule has 0 saturated carbocycles. The second-order valence-electron chi connectivity index (χ2n) is 6.31. The van der Waals surface area contributed by atoms with Crippen molar-refractivity contribution in [2.45, 2.75) is 19.4 Å². The first-order valence-corrected chi connectivity index (χ1v) is 9.25. The van der Waals surface area contributed by atoms with Gasteiger partial charge in [-0.3, -0.25) is 0 Å². The van der Waals surface area contributed by atoms with Crippen LogP contribution in [0.3, 0.4) is 0 Å². The Morgan fingerprint density at radius 3 is 2.69 bits per heavy atom. The molecule has 1 unspecified atom stereocenters. The minimum Gasteiger partial charge on any atom is -0.463 e. The first-order valence-electron chi connectivity index (χ1n) is 8.06. The summed E-state index contributed by atoms with van der Waals surface area (Å²) in [6, 6.07) is 11.1. The Morgan fingerprint density at radius 1 is 1.27 bits per heavy atom. The van der Waals surface area contributed by atoms with Crippen LogP contribution in [-0.4, -0.2) is 26.2 Å². The van der Waals surface area contributed by atoms with Crippen molar-refractivity contribution >= 4 is 33.0 Å². The number of fused-ring (bicyclic) bond motifs is 1. The fraction of sp³-hybridized carbons (Fsp3) is 0.222. The number of hydrogen-bond donors (Lipinski definition) is 2. The van der Waals surface area contributed by atoms with Crippen molar-refractivity contribution in [2.24, 2.45) is 0 Å². The van der Waals surface area contributed by atoms with Crippen molar-refractivity contribution in [3.05, 3.63) is 59.1 Å². The van der Waals surface area contributed by atoms with Gasteiger partial charge in [-0.2, -0.15) is 0 Å². The van der Waals surface area contributed by atoms with Gasteiger partial charge in [0.15, 0.2) is 0 Å². The summed E-state index contributed by atoms with van der Waals surface area (Å²) >= 11 is 7.34. The Labute approximate surface area is 159 Å². The number of benzene rings is 1. The number of halogens is 1. The van der Waals surface area contributed by atoms with Gasteiger partial charge in [0.1, 0.15) is 17.1 Å². The Kier molecular flexibility index (Phi) is 4.22. The quantitative estimate of drug-likeness (QED) is 0.532. The van der Waals surface area contributed by atoms with Crippen LogP contribution in [-0.2, 0) is 5.60 Å². The van der Waals surface area contributed by atoms with E-state index in [1.54, 1.807) is 17.5 Å². The summed E-state index contributed by atoms with van der Waals surface area (Å²) in [5.41, 5.74) is 0.694. The third kappa shape index (κ3) is 3.33. The van der Waals surface area contributed by atoms with Crippen LogP contribution in [0.15, 0.2) is 47.0 Å². The molecule has 0 aliphatic rings. The minimum absolute atomic E-state index is 0.278. The number of nitrogens with one attached hydrogen (secondary N) is 1. The van der Waals surface area contributed by atoms with Crippen LogP contribution in [0.1, 0.15) is 18.4 Å². The van der Waals surface area contributed by atoms with Crippen LogP contribution in [0.25, 0.3) is 16.2 Å². The molecular formula is C18H17ClN4O2S. The molecule has 0 amide bonds. The monoisotopic (exact) mass is 388 g/mol. The van der Waals surface area contributed by atoms with Crippen LogP contribution in [0.4, 0.5) is 5.13 Å². The lowest BCUT2D eigenvalue weighted by atomic mass is 10.0. The zero-order valence-corrected chi connectivity index (χ0v) is 15.8. The van der Waals surface area contributed by atoms with Gasteiger partial charge >= 0.3 is 0 Å². The van der Waals surface area contributed by atoms with E-state index in [1.807, 2.05) is 43.5 Å². The van der Waals surface area contributed by atoms with Crippen LogP contribution < -0.4 is 5.32 Å². The summed E-state index contributed by atoms with van der Waals surface area (Å²) in [6.07, 6.45) is 1.87. The van der Waals surface area contributed by atoms with Crippen LogP contribution in [0, 0.1) is 6.92 Å². The molecular weight excluding hydrogens is 372 g/mol. The molecule has 0 aliphatic heterocycles. The minimum atomic E-state index is -1.13. The van der Waals surface area contributed by atoms with Gasteiger partial charge in [-0.25, -0.2) is 9.50 Å². The molecule has 0 radical (unpaired) electrons. The first kappa shape index (κ1) is 17.1. The van der Waals surface area contributed by atoms with E-state index in [1.165, 1.54) is 11.3 Å². The predicted octanol–water partition coefficient (Wildman–Crippen LogP) is 4.33. The summed E-state index contributed by atoms with van der Waals surface area (Å²) < 4.78 is 7.24. The zero-order valence-electron chi connectivity index (χ0n) is 14.2. The smallest absolute Gasteiger partial charge is 0.214 e. The summed E-state index contributed by atoms with van der Waals surface area (Å²) in [6.45, 7) is 3.83. The average Bonchev–Trinajstić information content (AvgIpc) is 3.28. The van der Waals surface area contributed by atoms with Gasteiger partial charge in [-0.1, -0.05) is 35.1 Å². The van der Waals surface area contributed by atoms with Gasteiger partial charge in [0.05, 0.1) is 18.4 Å². The van der Waals surface area contributed by atoms with Crippen LogP contribution in [0.5, 0.6) is 0 Å². The number of aliphatic hydroxyl groups is 1. The molecule has 0 spiro atoms. The molecule has 6 nitrogen and oxygen atoms in total. The number of rotatable bonds is 5. The lowest BCUT2D eigenvalue weighted by Gasteiger charge is -2.20. The summed E-state index contributed by atoms with van der Waals surface area (Å²) in [5.74, 6) is 1.29. The molecule has 0 saturated heterocycles. The third-order valence-corrected chi connectivity index (χ3v) is 5.17. The topological polar surface area (TPSA) is 75.6 Å². The maximum absolute atomic E-state index is 10.6. The van der Waals surface area contributed by atoms with Crippen LogP contribution in [0.2, 0.25) is 5.02 Å². The highest BCUT2D eigenvalue weighted by Crippen LogP contribution is 2.27. The van der Waals surface area contributed by atoms with E-state index in [9.17, 15) is 5.11 Å². The third-order valence-electron chi connectivity index (χ3n) is 4.04. The van der Waals surface area contributed by atoms with E-state index in [0.29, 0.717) is 15.9 Å². The number of aromatic nitrogens is 3. The van der Waals surface area contributed by atoms with E-state index < -0.39 is 5.60 Å². The fourth-order valence-corrected chi connectivity index (χ4v) is 3.49. The maximum Gasteiger partial charge on any atom is 0.214 e. The zero-order chi connectivity index (χ0) is 18.3. The second kappa shape index (κ2) is 6.42. The molecule has 0 fully saturated rings. The molecule has 3 heterocycles. The van der Waals surface area contributed by atoms with E-state index in [-0.39, 0.29) is 6.54 Å². The molecule has 134 valence electrons. The molecule has 26 heavy (non-hydrogen) atoms. The Bertz CT molecular complexity index is 1020. The lowest BCUT2D eigenvalue weighted by molar-refractivity contribution is 0.0468. The van der Waals surface area contributed by atoms with Gasteiger partial charge in [-0.05, 0) is 38.1 Å². The summed E-state index contributed by atoms with van der Waals surface area (Å²) in [5, 5.41) is 19.6. The number of imidazole rings is 1. The van der Waals surface area contributed by atoms with E-state index in [4.69, 9.17) is 16.0 Å². The number of aryl methyl sites for hydroxylation is 1. The van der Waals surface area contributed by atoms with E-state index in [0.717, 1.165) is 22.0 Å². The molecule has 0 bridgehead atoms. The summed E-state index contributed by atoms with van der Waals surface area (Å²) in [7, 11) is 0. The van der Waals surface area contributed by atoms with Crippen LogP contribution >= 0.6 is 22.9 Å². The molecule has 4 rings (SSSR count). The van der Waals surface area contributed by atoms with Crippen molar-refractivity contribution < 1.29 is 9.52 Å². The summed E-state index contributed by atoms with van der Waals surface area (Å²) in [4.78, 5) is 5.36. The van der Waals surface area contributed by atoms with E-state index in [2.05, 4.69) is 15.4 Å². The first-order chi connectivity index (χ1) is 12.4. The highest BCUT2D eigenvalue weighted by Gasteiger charge is 2.27. The highest BCUT2D eigenvalue weighted by molar-refractivity contribution is 7.20. The standard InChI is InChI=1S/C18H17ClN4O2S/c1-11-3-8-15(25-11)18(2,24)10-20-16-22-23-9-14(21-17(23)26-16)12-4-6-13(19)7-5-12/h3-9,24H,10H2,1-2H3,(H,20,22). The van der Waals surface area contributed by atoms with Crippen molar-refractivity contribution in [2.75, 3.05) is 11.9 Å². The SMILES string of the molecule is Cc1ccc(C(C)(O)CNc2nn3cc(-c4ccc(Cl)cc4)nc3s2)o1. The molecule has 4 aromatic rings. The van der Waals surface area contributed by atoms with Crippen molar-refractivity contribution in [3.63, 3.8) is 0 Å². The second-order valence-corrected chi connectivity index (χ2v) is 7.70. The van der Waals surface area contributed by atoms with Crippen molar-refractivity contribution in [1.82, 2.24) is 14.6 Å². The Hall–Kier alpha value is -2.35. The highest BCUT2D eigenvalue weighted by atomic mass is 35.5. The van der Waals surface area contributed by atoms with Gasteiger partial charge in [0.2, 0.25) is 10.1 Å². The average molecular weight is 389 g/mol. The van der Waals surface area contributed by atoms with Crippen molar-refractivity contribution in [1.29, 1.82) is 0 Å². The fourth-order valence-electron chi connectivity index (χ4n) is 2.59. The largest absolute Gasteiger partial charge is 0.463 e. The van der Waals surface area contributed by atoms with Crippen molar-refractivity contribution in [3.8, 4) is 11.3 Å².